The molecule has 0 amide bonds. The van der Waals surface area contributed by atoms with E-state index in [1.807, 2.05) is 36.4 Å². The van der Waals surface area contributed by atoms with Gasteiger partial charge in [0.25, 0.3) is 0 Å². The van der Waals surface area contributed by atoms with Gasteiger partial charge in [-0.05, 0) is 81.8 Å². The normalized spacial score (nSPS) is 15.4. The van der Waals surface area contributed by atoms with Crippen molar-refractivity contribution in [1.82, 2.24) is 19.5 Å². The summed E-state index contributed by atoms with van der Waals surface area (Å²) >= 11 is 0. The van der Waals surface area contributed by atoms with Crippen molar-refractivity contribution >= 4 is 79.7 Å². The largest absolute Gasteiger partial charge is 0.278 e. The molecule has 77 heavy (non-hydrogen) atoms. The zero-order valence-corrected chi connectivity index (χ0v) is 43.8. The summed E-state index contributed by atoms with van der Waals surface area (Å²) in [5.41, 5.74) is 10.3. The van der Waals surface area contributed by atoms with Crippen LogP contribution in [0.5, 0.6) is 0 Å². The molecule has 0 fully saturated rings. The Morgan fingerprint density at radius 2 is 0.766 bits per heavy atom. The number of benzene rings is 11. The second-order valence-electron chi connectivity index (χ2n) is 20.1. The van der Waals surface area contributed by atoms with Crippen LogP contribution < -0.4 is 41.8 Å². The molecular formula is C71H50N4Si2. The summed E-state index contributed by atoms with van der Waals surface area (Å²) in [5, 5.41) is 8.72. The summed E-state index contributed by atoms with van der Waals surface area (Å²) in [7, 11) is -7.34. The first-order valence-electron chi connectivity index (χ1n) is 28.8. The van der Waals surface area contributed by atoms with Crippen LogP contribution in [0.25, 0.3) is 39.1 Å². The quantitative estimate of drug-likeness (QED) is 0.101. The Morgan fingerprint density at radius 1 is 0.338 bits per heavy atom. The van der Waals surface area contributed by atoms with Crippen molar-refractivity contribution in [3.63, 3.8) is 0 Å². The molecule has 3 aliphatic carbocycles. The molecule has 16 rings (SSSR count). The lowest BCUT2D eigenvalue weighted by Crippen LogP contribution is -2.76. The van der Waals surface area contributed by atoms with Gasteiger partial charge in [-0.15, -0.1) is 0 Å². The third-order valence-corrected chi connectivity index (χ3v) is 25.5. The lowest BCUT2D eigenvalue weighted by molar-refractivity contribution is 0.758. The number of rotatable bonds is 10. The highest BCUT2D eigenvalue weighted by atomic mass is 28.3. The Hall–Kier alpha value is -9.34. The van der Waals surface area contributed by atoms with Crippen LogP contribution >= 0.6 is 0 Å². The fraction of sp³-hybridized carbons (Fsp3) is 0.0282. The fourth-order valence-corrected chi connectivity index (χ4v) is 22.5. The van der Waals surface area contributed by atoms with E-state index in [1.54, 1.807) is 0 Å². The molecule has 0 saturated heterocycles. The first-order valence-corrected chi connectivity index (χ1v) is 30.3. The summed E-state index contributed by atoms with van der Waals surface area (Å²) in [6.45, 7) is 0. The van der Waals surface area contributed by atoms with Gasteiger partial charge in [0.2, 0.25) is 14.0 Å². The van der Waals surface area contributed by atoms with Crippen LogP contribution in [0.1, 0.15) is 52.1 Å². The minimum absolute atomic E-state index is 0.191. The van der Waals surface area contributed by atoms with Gasteiger partial charge in [-0.2, -0.15) is 4.98 Å². The van der Waals surface area contributed by atoms with Gasteiger partial charge >= 0.3 is 0 Å². The summed E-state index contributed by atoms with van der Waals surface area (Å²) in [6, 6.07) is 90.1. The van der Waals surface area contributed by atoms with Crippen molar-refractivity contribution in [2.24, 2.45) is 0 Å². The van der Waals surface area contributed by atoms with Crippen molar-refractivity contribution in [1.29, 1.82) is 0 Å². The van der Waals surface area contributed by atoms with E-state index < -0.39 is 28.1 Å². The van der Waals surface area contributed by atoms with Crippen molar-refractivity contribution in [3.8, 4) is 17.3 Å². The van der Waals surface area contributed by atoms with Gasteiger partial charge in [0.15, 0.2) is 13.9 Å². The number of aromatic nitrogens is 4. The van der Waals surface area contributed by atoms with E-state index in [9.17, 15) is 5.48 Å². The molecule has 2 bridgehead atoms. The minimum Gasteiger partial charge on any atom is -0.278 e. The monoisotopic (exact) mass is 1020 g/mol. The van der Waals surface area contributed by atoms with Gasteiger partial charge in [0.05, 0.1) is 17.9 Å². The predicted molar refractivity (Wildman–Crippen MR) is 322 cm³/mol. The summed E-state index contributed by atoms with van der Waals surface area (Å²) < 4.78 is 49.5. The molecule has 11 aromatic carbocycles. The highest BCUT2D eigenvalue weighted by Crippen LogP contribution is 2.57. The smallest absolute Gasteiger partial charge is 0.238 e. The second-order valence-corrected chi connectivity index (χ2v) is 27.5. The van der Waals surface area contributed by atoms with Crippen LogP contribution in [0.15, 0.2) is 291 Å². The first kappa shape index (κ1) is 40.0. The van der Waals surface area contributed by atoms with Crippen LogP contribution in [0.2, 0.25) is 0 Å². The number of hydrogen-bond acceptors (Lipinski definition) is 3. The van der Waals surface area contributed by atoms with Gasteiger partial charge in [0, 0.05) is 28.2 Å². The molecule has 13 aromatic rings. The topological polar surface area (TPSA) is 43.6 Å². The van der Waals surface area contributed by atoms with E-state index in [-0.39, 0.29) is 30.1 Å². The Kier molecular flexibility index (Phi) is 9.46. The highest BCUT2D eigenvalue weighted by Gasteiger charge is 2.51. The third kappa shape index (κ3) is 6.72. The maximum atomic E-state index is 9.94. The van der Waals surface area contributed by atoms with Gasteiger partial charge in [-0.25, -0.2) is 9.97 Å². The van der Waals surface area contributed by atoms with Crippen LogP contribution in [-0.2, 0) is 0 Å². The van der Waals surface area contributed by atoms with Crippen molar-refractivity contribution < 1.29 is 6.85 Å². The third-order valence-electron chi connectivity index (χ3n) is 16.4. The molecule has 6 heteroatoms. The van der Waals surface area contributed by atoms with Gasteiger partial charge in [-0.3, -0.25) is 4.57 Å². The number of hydrogen-bond donors (Lipinski definition) is 0. The summed E-state index contributed by atoms with van der Waals surface area (Å²) in [4.78, 5) is 17.6. The molecule has 2 heterocycles. The Bertz CT molecular complexity index is 4440. The summed E-state index contributed by atoms with van der Waals surface area (Å²) in [5.74, 6) is 0.424. The van der Waals surface area contributed by atoms with Gasteiger partial charge in [0.1, 0.15) is 5.45 Å². The maximum absolute atomic E-state index is 9.94. The van der Waals surface area contributed by atoms with E-state index in [0.717, 1.165) is 86.3 Å². The number of nitrogens with zero attached hydrogens (tertiary/aromatic N) is 4. The first-order chi connectivity index (χ1) is 40.3. The van der Waals surface area contributed by atoms with E-state index in [4.69, 9.17) is 16.3 Å². The fourth-order valence-electron chi connectivity index (χ4n) is 13.4. The lowest BCUT2D eigenvalue weighted by atomic mass is 9.60. The maximum Gasteiger partial charge on any atom is 0.238 e. The van der Waals surface area contributed by atoms with Crippen LogP contribution in [0, 0.1) is 0 Å². The highest BCUT2D eigenvalue weighted by molar-refractivity contribution is 7.20. The Balaban J connectivity index is 1.08. The standard InChI is InChI=1S/C71H50N4Si2/c1-7-27-49(28-8-1)76(50-29-9-2-10-30-50,51-31-11-3-12-32-51)64-48-26-44-60-65-57-41-19-20-42-58(57)68(67(60)64)66-59(65)43-25-45-61(66)69-72-70(75-62-46-23-21-39-55(62)56-40-22-24-47-63(56)75)74-71(73-69)77(52-33-13-4-14-34-52,53-35-15-5-16-36-53)54-37-17-6-18-38-54/h1-48,65,68H/i1D,7D,8D,27D,28D. The molecule has 0 spiro atoms. The van der Waals surface area contributed by atoms with E-state index >= 15 is 0 Å². The molecule has 2 unspecified atom stereocenters. The Morgan fingerprint density at radius 3 is 1.30 bits per heavy atom. The molecule has 0 aliphatic heterocycles. The molecule has 362 valence electrons. The number of para-hydroxylation sites is 2. The van der Waals surface area contributed by atoms with E-state index in [2.05, 4.69) is 229 Å². The van der Waals surface area contributed by atoms with Crippen molar-refractivity contribution in [2.75, 3.05) is 0 Å². The minimum atomic E-state index is -3.91. The molecule has 3 aliphatic rings. The van der Waals surface area contributed by atoms with Gasteiger partial charge < -0.3 is 0 Å². The average molecular weight is 1020 g/mol. The molecule has 4 nitrogen and oxygen atoms in total. The van der Waals surface area contributed by atoms with E-state index in [1.165, 1.54) is 5.56 Å². The zero-order valence-electron chi connectivity index (χ0n) is 46.8. The van der Waals surface area contributed by atoms with Crippen LogP contribution in [0.4, 0.5) is 0 Å². The van der Waals surface area contributed by atoms with E-state index in [0.29, 0.717) is 22.4 Å². The summed E-state index contributed by atoms with van der Waals surface area (Å²) in [6.07, 6.45) is 0. The molecule has 2 aromatic heterocycles. The van der Waals surface area contributed by atoms with Gasteiger partial charge in [-0.1, -0.05) is 279 Å². The molecule has 0 saturated carbocycles. The molecule has 0 radical (unpaired) electrons. The zero-order chi connectivity index (χ0) is 55.3. The lowest BCUT2D eigenvalue weighted by Gasteiger charge is -2.46. The predicted octanol–water partition coefficient (Wildman–Crippen LogP) is 10.4. The van der Waals surface area contributed by atoms with Crippen molar-refractivity contribution in [2.45, 2.75) is 11.8 Å². The SMILES string of the molecule is [2H]c1c([2H])c([2H])c([Si](c2ccccc2)(c2ccccc2)c2cccc3c2C2c4ccccc4C3c3cccc(-c4nc(-n5c6ccccc6c6ccccc65)nc([Si](c5ccccc5)(c5ccccc5)c5ccccc5)n4)c32)c([2H])c1[2H]. The second kappa shape index (κ2) is 18.2. The van der Waals surface area contributed by atoms with Crippen molar-refractivity contribution in [3.05, 3.63) is 324 Å². The van der Waals surface area contributed by atoms with Crippen LogP contribution in [-0.4, -0.2) is 35.7 Å². The van der Waals surface area contributed by atoms with Crippen LogP contribution in [0.3, 0.4) is 0 Å². The average Bonchev–Trinajstić information content (AvgIpc) is 3.13. The molecular weight excluding hydrogens is 965 g/mol. The Labute approximate surface area is 457 Å². The molecule has 2 atom stereocenters. The molecule has 0 N–H and O–H groups in total. The number of fused-ring (bicyclic) bond motifs is 3.